The van der Waals surface area contributed by atoms with Crippen molar-refractivity contribution in [2.45, 2.75) is 64.0 Å². The van der Waals surface area contributed by atoms with Crippen LogP contribution >= 0.6 is 0 Å². The van der Waals surface area contributed by atoms with Crippen LogP contribution in [0.25, 0.3) is 0 Å². The summed E-state index contributed by atoms with van der Waals surface area (Å²) in [5, 5.41) is 7.21. The lowest BCUT2D eigenvalue weighted by Crippen LogP contribution is -2.58. The van der Waals surface area contributed by atoms with Crippen LogP contribution in [-0.4, -0.2) is 34.7 Å². The molecule has 2 heterocycles. The molecular weight excluding hydrogens is 264 g/mol. The van der Waals surface area contributed by atoms with Gasteiger partial charge in [0, 0.05) is 23.3 Å². The SMILES string of the molecule is CCCOc1cc(C)nc(NC2CCNC3(CCC3)C2)n1. The molecule has 116 valence electrons. The molecule has 3 rings (SSSR count). The molecule has 5 heteroatoms. The lowest BCUT2D eigenvalue weighted by Gasteiger charge is -2.48. The highest BCUT2D eigenvalue weighted by Crippen LogP contribution is 2.38. The smallest absolute Gasteiger partial charge is 0.226 e. The number of nitrogens with zero attached hydrogens (tertiary/aromatic N) is 2. The molecule has 1 unspecified atom stereocenters. The van der Waals surface area contributed by atoms with Crippen LogP contribution in [0.3, 0.4) is 0 Å². The van der Waals surface area contributed by atoms with Gasteiger partial charge in [-0.1, -0.05) is 6.92 Å². The third-order valence-corrected chi connectivity index (χ3v) is 4.56. The van der Waals surface area contributed by atoms with Gasteiger partial charge in [-0.05, 0) is 52.0 Å². The van der Waals surface area contributed by atoms with E-state index >= 15 is 0 Å². The second-order valence-corrected chi connectivity index (χ2v) is 6.41. The molecule has 1 aliphatic carbocycles. The average Bonchev–Trinajstić information content (AvgIpc) is 2.43. The standard InChI is InChI=1S/C16H26N4O/c1-3-9-21-14-10-12(2)18-15(20-14)19-13-5-8-17-16(11-13)6-4-7-16/h10,13,17H,3-9,11H2,1-2H3,(H,18,19,20). The summed E-state index contributed by atoms with van der Waals surface area (Å²) >= 11 is 0. The molecule has 1 aromatic rings. The molecule has 1 aromatic heterocycles. The molecule has 0 radical (unpaired) electrons. The Morgan fingerprint density at radius 3 is 3.00 bits per heavy atom. The van der Waals surface area contributed by atoms with E-state index in [1.54, 1.807) is 0 Å². The lowest BCUT2D eigenvalue weighted by molar-refractivity contribution is 0.135. The second kappa shape index (κ2) is 6.18. The minimum Gasteiger partial charge on any atom is -0.478 e. The lowest BCUT2D eigenvalue weighted by atomic mass is 9.70. The van der Waals surface area contributed by atoms with Crippen LogP contribution in [-0.2, 0) is 0 Å². The van der Waals surface area contributed by atoms with Crippen molar-refractivity contribution in [3.05, 3.63) is 11.8 Å². The van der Waals surface area contributed by atoms with Crippen LogP contribution in [0, 0.1) is 6.92 Å². The van der Waals surface area contributed by atoms with Gasteiger partial charge in [-0.25, -0.2) is 4.98 Å². The Hall–Kier alpha value is -1.36. The van der Waals surface area contributed by atoms with Gasteiger partial charge < -0.3 is 15.4 Å². The summed E-state index contributed by atoms with van der Waals surface area (Å²) < 4.78 is 5.64. The fraction of sp³-hybridized carbons (Fsp3) is 0.750. The first kappa shape index (κ1) is 14.6. The molecule has 1 saturated heterocycles. The maximum absolute atomic E-state index is 5.64. The molecule has 1 aliphatic heterocycles. The summed E-state index contributed by atoms with van der Waals surface area (Å²) in [7, 11) is 0. The number of aromatic nitrogens is 2. The number of ether oxygens (including phenoxy) is 1. The van der Waals surface area contributed by atoms with E-state index in [-0.39, 0.29) is 0 Å². The Balaban J connectivity index is 1.64. The second-order valence-electron chi connectivity index (χ2n) is 6.41. The predicted octanol–water partition coefficient (Wildman–Crippen LogP) is 2.66. The molecule has 1 spiro atoms. The zero-order valence-corrected chi connectivity index (χ0v) is 13.1. The Morgan fingerprint density at radius 2 is 2.29 bits per heavy atom. The fourth-order valence-corrected chi connectivity index (χ4v) is 3.33. The molecule has 21 heavy (non-hydrogen) atoms. The van der Waals surface area contributed by atoms with Gasteiger partial charge in [-0.3, -0.25) is 0 Å². The van der Waals surface area contributed by atoms with Crippen LogP contribution in [0.4, 0.5) is 5.95 Å². The molecule has 2 fully saturated rings. The summed E-state index contributed by atoms with van der Waals surface area (Å²) in [6.45, 7) is 5.87. The van der Waals surface area contributed by atoms with Crippen molar-refractivity contribution >= 4 is 5.95 Å². The van der Waals surface area contributed by atoms with Crippen molar-refractivity contribution < 1.29 is 4.74 Å². The van der Waals surface area contributed by atoms with Crippen molar-refractivity contribution in [2.24, 2.45) is 0 Å². The van der Waals surface area contributed by atoms with Crippen molar-refractivity contribution in [2.75, 3.05) is 18.5 Å². The Labute approximate surface area is 126 Å². The monoisotopic (exact) mass is 290 g/mol. The van der Waals surface area contributed by atoms with Gasteiger partial charge in [0.15, 0.2) is 0 Å². The summed E-state index contributed by atoms with van der Waals surface area (Å²) in [5.74, 6) is 1.39. The zero-order valence-electron chi connectivity index (χ0n) is 13.1. The van der Waals surface area contributed by atoms with Crippen molar-refractivity contribution in [1.82, 2.24) is 15.3 Å². The van der Waals surface area contributed by atoms with E-state index in [9.17, 15) is 0 Å². The van der Waals surface area contributed by atoms with E-state index in [4.69, 9.17) is 4.74 Å². The summed E-state index contributed by atoms with van der Waals surface area (Å²) in [4.78, 5) is 9.00. The summed E-state index contributed by atoms with van der Waals surface area (Å²) in [6, 6.07) is 2.36. The highest BCUT2D eigenvalue weighted by atomic mass is 16.5. The molecular formula is C16H26N4O. The maximum Gasteiger partial charge on any atom is 0.226 e. The largest absolute Gasteiger partial charge is 0.478 e. The van der Waals surface area contributed by atoms with Gasteiger partial charge in [0.1, 0.15) is 0 Å². The third kappa shape index (κ3) is 3.46. The number of nitrogens with one attached hydrogen (secondary N) is 2. The minimum absolute atomic E-state index is 0.390. The third-order valence-electron chi connectivity index (χ3n) is 4.56. The molecule has 0 bridgehead atoms. The Kier molecular flexibility index (Phi) is 4.29. The number of anilines is 1. The number of aryl methyl sites for hydroxylation is 1. The molecule has 1 atom stereocenters. The highest BCUT2D eigenvalue weighted by Gasteiger charge is 2.40. The van der Waals surface area contributed by atoms with Gasteiger partial charge in [0.2, 0.25) is 11.8 Å². The topological polar surface area (TPSA) is 59.1 Å². The quantitative estimate of drug-likeness (QED) is 0.873. The van der Waals surface area contributed by atoms with Crippen LogP contribution < -0.4 is 15.4 Å². The van der Waals surface area contributed by atoms with E-state index in [1.165, 1.54) is 25.7 Å². The molecule has 2 N–H and O–H groups in total. The van der Waals surface area contributed by atoms with Crippen molar-refractivity contribution in [3.63, 3.8) is 0 Å². The van der Waals surface area contributed by atoms with Gasteiger partial charge in [0.05, 0.1) is 6.61 Å². The number of hydrogen-bond acceptors (Lipinski definition) is 5. The van der Waals surface area contributed by atoms with Crippen LogP contribution in [0.15, 0.2) is 6.07 Å². The van der Waals surface area contributed by atoms with Crippen LogP contribution in [0.1, 0.15) is 51.1 Å². The average molecular weight is 290 g/mol. The number of rotatable bonds is 5. The number of piperidine rings is 1. The first-order valence-electron chi connectivity index (χ1n) is 8.19. The highest BCUT2D eigenvalue weighted by molar-refractivity contribution is 5.32. The Morgan fingerprint density at radius 1 is 1.43 bits per heavy atom. The van der Waals surface area contributed by atoms with Crippen LogP contribution in [0.5, 0.6) is 5.88 Å². The van der Waals surface area contributed by atoms with Crippen molar-refractivity contribution in [1.29, 1.82) is 0 Å². The molecule has 5 nitrogen and oxygen atoms in total. The van der Waals surface area contributed by atoms with Crippen molar-refractivity contribution in [3.8, 4) is 5.88 Å². The maximum atomic E-state index is 5.64. The summed E-state index contributed by atoms with van der Waals surface area (Å²) in [5.41, 5.74) is 1.34. The van der Waals surface area contributed by atoms with Gasteiger partial charge in [-0.15, -0.1) is 0 Å². The van der Waals surface area contributed by atoms with E-state index in [1.807, 2.05) is 13.0 Å². The van der Waals surface area contributed by atoms with Gasteiger partial charge in [-0.2, -0.15) is 4.98 Å². The van der Waals surface area contributed by atoms with Gasteiger partial charge >= 0.3 is 0 Å². The first-order chi connectivity index (χ1) is 10.2. The Bertz CT molecular complexity index is 487. The first-order valence-corrected chi connectivity index (χ1v) is 8.19. The van der Waals surface area contributed by atoms with Crippen LogP contribution in [0.2, 0.25) is 0 Å². The predicted molar refractivity (Wildman–Crippen MR) is 83.8 cm³/mol. The minimum atomic E-state index is 0.390. The van der Waals surface area contributed by atoms with E-state index < -0.39 is 0 Å². The molecule has 1 saturated carbocycles. The van der Waals surface area contributed by atoms with Gasteiger partial charge in [0.25, 0.3) is 0 Å². The number of hydrogen-bond donors (Lipinski definition) is 2. The zero-order chi connectivity index (χ0) is 14.7. The molecule has 0 amide bonds. The van der Waals surface area contributed by atoms with E-state index in [0.717, 1.165) is 25.1 Å². The molecule has 0 aromatic carbocycles. The fourth-order valence-electron chi connectivity index (χ4n) is 3.33. The van der Waals surface area contributed by atoms with E-state index in [2.05, 4.69) is 27.5 Å². The van der Waals surface area contributed by atoms with E-state index in [0.29, 0.717) is 30.0 Å². The normalized spacial score (nSPS) is 23.6. The summed E-state index contributed by atoms with van der Waals surface area (Å²) in [6.07, 6.45) is 7.27. The molecule has 2 aliphatic rings.